The summed E-state index contributed by atoms with van der Waals surface area (Å²) in [6, 6.07) is 3.62. The van der Waals surface area contributed by atoms with Crippen LogP contribution in [0.25, 0.3) is 5.65 Å². The van der Waals surface area contributed by atoms with Gasteiger partial charge in [0.1, 0.15) is 5.65 Å². The number of nitrogens with one attached hydrogen (secondary N) is 1. The highest BCUT2D eigenvalue weighted by Gasteiger charge is 2.05. The van der Waals surface area contributed by atoms with Crippen molar-refractivity contribution in [2.75, 3.05) is 0 Å². The van der Waals surface area contributed by atoms with E-state index in [1.807, 2.05) is 19.2 Å². The molecule has 3 nitrogen and oxygen atoms in total. The number of nitrogens with zero attached hydrogens (tertiary/aromatic N) is 1. The van der Waals surface area contributed by atoms with Gasteiger partial charge in [-0.25, -0.2) is 0 Å². The molecule has 0 saturated carbocycles. The van der Waals surface area contributed by atoms with Gasteiger partial charge >= 0.3 is 0 Å². The lowest BCUT2D eigenvalue weighted by atomic mass is 10.2. The van der Waals surface area contributed by atoms with Gasteiger partial charge in [-0.2, -0.15) is 0 Å². The van der Waals surface area contributed by atoms with Crippen LogP contribution in [-0.4, -0.2) is 9.38 Å². The maximum Gasteiger partial charge on any atom is 0.256 e. The molecule has 0 aromatic carbocycles. The third kappa shape index (κ3) is 3.22. The summed E-state index contributed by atoms with van der Waals surface area (Å²) in [5.74, 6) is 0.412. The quantitative estimate of drug-likeness (QED) is 0.806. The fourth-order valence-electron chi connectivity index (χ4n) is 1.55. The van der Waals surface area contributed by atoms with Crippen LogP contribution >= 0.6 is 0 Å². The summed E-state index contributed by atoms with van der Waals surface area (Å²) in [6.45, 7) is 10.4. The number of pyridine rings is 1. The molecule has 2 aromatic rings. The number of aryl methyl sites for hydroxylation is 1. The summed E-state index contributed by atoms with van der Waals surface area (Å²) in [4.78, 5) is 14.8. The highest BCUT2D eigenvalue weighted by molar-refractivity contribution is 5.42. The summed E-state index contributed by atoms with van der Waals surface area (Å²) in [6.07, 6.45) is 3.13. The highest BCUT2D eigenvalue weighted by Crippen LogP contribution is 2.13. The average molecular weight is 234 g/mol. The fourth-order valence-corrected chi connectivity index (χ4v) is 1.55. The predicted octanol–water partition coefficient (Wildman–Crippen LogP) is 3.48. The first-order chi connectivity index (χ1) is 7.99. The summed E-state index contributed by atoms with van der Waals surface area (Å²) < 4.78 is 1.66. The van der Waals surface area contributed by atoms with Gasteiger partial charge in [-0.15, -0.1) is 0 Å². The van der Waals surface area contributed by atoms with Crippen LogP contribution in [0.4, 0.5) is 0 Å². The van der Waals surface area contributed by atoms with Gasteiger partial charge in [0.25, 0.3) is 5.56 Å². The zero-order valence-corrected chi connectivity index (χ0v) is 11.4. The van der Waals surface area contributed by atoms with E-state index in [2.05, 4.69) is 32.7 Å². The second kappa shape index (κ2) is 5.71. The molecule has 0 aliphatic rings. The fraction of sp³-hybridized carbons (Fsp3) is 0.500. The van der Waals surface area contributed by atoms with Crippen molar-refractivity contribution < 1.29 is 0 Å². The zero-order valence-electron chi connectivity index (χ0n) is 11.4. The Labute approximate surface area is 102 Å². The molecule has 94 valence electrons. The lowest BCUT2D eigenvalue weighted by Gasteiger charge is -1.96. The molecular formula is C14H22N2O. The number of aromatic amines is 1. The normalized spacial score (nSPS) is 10.5. The molecule has 2 heterocycles. The van der Waals surface area contributed by atoms with Crippen LogP contribution in [0, 0.1) is 6.92 Å². The molecule has 0 aliphatic heterocycles. The molecule has 0 saturated heterocycles. The largest absolute Gasteiger partial charge is 0.343 e. The van der Waals surface area contributed by atoms with Crippen molar-refractivity contribution in [2.24, 2.45) is 0 Å². The summed E-state index contributed by atoms with van der Waals surface area (Å²) in [7, 11) is 0. The van der Waals surface area contributed by atoms with E-state index in [-0.39, 0.29) is 5.56 Å². The van der Waals surface area contributed by atoms with E-state index in [1.165, 1.54) is 6.42 Å². The van der Waals surface area contributed by atoms with Crippen molar-refractivity contribution in [1.82, 2.24) is 9.38 Å². The molecule has 0 bridgehead atoms. The minimum Gasteiger partial charge on any atom is -0.343 e. The maximum absolute atomic E-state index is 11.6. The molecule has 0 radical (unpaired) electrons. The smallest absolute Gasteiger partial charge is 0.256 e. The number of imidazole rings is 1. The van der Waals surface area contributed by atoms with Crippen molar-refractivity contribution >= 4 is 5.65 Å². The van der Waals surface area contributed by atoms with Gasteiger partial charge in [-0.05, 0) is 24.5 Å². The van der Waals surface area contributed by atoms with Crippen LogP contribution in [0.5, 0.6) is 0 Å². The first kappa shape index (κ1) is 13.6. The van der Waals surface area contributed by atoms with E-state index in [4.69, 9.17) is 0 Å². The Bertz CT molecular complexity index is 535. The third-order valence-electron chi connectivity index (χ3n) is 2.38. The molecule has 0 unspecified atom stereocenters. The molecule has 2 rings (SSSR count). The van der Waals surface area contributed by atoms with E-state index in [9.17, 15) is 4.79 Å². The van der Waals surface area contributed by atoms with Crippen molar-refractivity contribution in [2.45, 2.75) is 47.0 Å². The second-order valence-corrected chi connectivity index (χ2v) is 4.70. The van der Waals surface area contributed by atoms with Crippen molar-refractivity contribution in [3.05, 3.63) is 39.9 Å². The molecule has 1 N–H and O–H groups in total. The van der Waals surface area contributed by atoms with Crippen molar-refractivity contribution in [3.8, 4) is 0 Å². The second-order valence-electron chi connectivity index (χ2n) is 4.70. The summed E-state index contributed by atoms with van der Waals surface area (Å²) in [5, 5.41) is 0. The average Bonchev–Trinajstić information content (AvgIpc) is 2.62. The van der Waals surface area contributed by atoms with Gasteiger partial charge < -0.3 is 4.98 Å². The van der Waals surface area contributed by atoms with Crippen LogP contribution in [0.15, 0.2) is 23.1 Å². The lowest BCUT2D eigenvalue weighted by molar-refractivity contribution is 0.833. The SMILES string of the molecule is CCC.Cc1cc(=O)n2cc(C(C)C)[nH]c2c1. The third-order valence-corrected chi connectivity index (χ3v) is 2.38. The lowest BCUT2D eigenvalue weighted by Crippen LogP contribution is -2.10. The highest BCUT2D eigenvalue weighted by atomic mass is 16.1. The number of H-pyrrole nitrogens is 1. The minimum atomic E-state index is 0.0307. The van der Waals surface area contributed by atoms with Crippen LogP contribution in [0.1, 0.15) is 51.3 Å². The predicted molar refractivity (Wildman–Crippen MR) is 72.8 cm³/mol. The summed E-state index contributed by atoms with van der Waals surface area (Å²) >= 11 is 0. The van der Waals surface area contributed by atoms with Gasteiger partial charge in [-0.3, -0.25) is 9.20 Å². The molecule has 0 atom stereocenters. The molecule has 3 heteroatoms. The number of hydrogen-bond donors (Lipinski definition) is 1. The Hall–Kier alpha value is -1.51. The Morgan fingerprint density at radius 2 is 1.88 bits per heavy atom. The van der Waals surface area contributed by atoms with Gasteiger partial charge in [0.2, 0.25) is 0 Å². The topological polar surface area (TPSA) is 37.3 Å². The molecule has 17 heavy (non-hydrogen) atoms. The van der Waals surface area contributed by atoms with Crippen molar-refractivity contribution in [3.63, 3.8) is 0 Å². The Balaban J connectivity index is 0.000000437. The zero-order chi connectivity index (χ0) is 13.0. The molecule has 0 aliphatic carbocycles. The number of aromatic nitrogens is 2. The van der Waals surface area contributed by atoms with Gasteiger partial charge in [-0.1, -0.05) is 34.1 Å². The molecule has 0 fully saturated rings. The van der Waals surface area contributed by atoms with Crippen LogP contribution in [0.3, 0.4) is 0 Å². The van der Waals surface area contributed by atoms with Crippen LogP contribution < -0.4 is 5.56 Å². The van der Waals surface area contributed by atoms with Gasteiger partial charge in [0.05, 0.1) is 0 Å². The van der Waals surface area contributed by atoms with Gasteiger partial charge in [0.15, 0.2) is 0 Å². The van der Waals surface area contributed by atoms with Crippen LogP contribution in [0.2, 0.25) is 0 Å². The first-order valence-corrected chi connectivity index (χ1v) is 6.21. The van der Waals surface area contributed by atoms with E-state index in [0.717, 1.165) is 16.9 Å². The first-order valence-electron chi connectivity index (χ1n) is 6.21. The Morgan fingerprint density at radius 1 is 1.29 bits per heavy atom. The maximum atomic E-state index is 11.6. The van der Waals surface area contributed by atoms with Gasteiger partial charge in [0, 0.05) is 18.0 Å². The molecule has 2 aromatic heterocycles. The number of rotatable bonds is 1. The van der Waals surface area contributed by atoms with Crippen molar-refractivity contribution in [1.29, 1.82) is 0 Å². The van der Waals surface area contributed by atoms with E-state index in [0.29, 0.717) is 5.92 Å². The standard InChI is InChI=1S/C11H14N2O.C3H8/c1-7(2)9-6-13-10(12-9)4-8(3)5-11(13)14;1-3-2/h4-7,12H,1-3H3;3H2,1-2H3. The molecular weight excluding hydrogens is 212 g/mol. The Kier molecular flexibility index (Phi) is 4.55. The van der Waals surface area contributed by atoms with E-state index < -0.39 is 0 Å². The Morgan fingerprint density at radius 3 is 2.41 bits per heavy atom. The van der Waals surface area contributed by atoms with Crippen LogP contribution in [-0.2, 0) is 0 Å². The minimum absolute atomic E-state index is 0.0307. The van der Waals surface area contributed by atoms with E-state index in [1.54, 1.807) is 10.5 Å². The summed E-state index contributed by atoms with van der Waals surface area (Å²) in [5.41, 5.74) is 2.99. The molecule has 0 spiro atoms. The molecule has 0 amide bonds. The number of fused-ring (bicyclic) bond motifs is 1. The number of hydrogen-bond acceptors (Lipinski definition) is 1. The van der Waals surface area contributed by atoms with E-state index >= 15 is 0 Å². The monoisotopic (exact) mass is 234 g/mol.